The number of nitrogens with zero attached hydrogens (tertiary/aromatic N) is 2. The Morgan fingerprint density at radius 1 is 1.14 bits per heavy atom. The third-order valence-electron chi connectivity index (χ3n) is 5.21. The van der Waals surface area contributed by atoms with E-state index in [0.29, 0.717) is 37.2 Å². The number of halogens is 3. The highest BCUT2D eigenvalue weighted by Crippen LogP contribution is 2.34. The summed E-state index contributed by atoms with van der Waals surface area (Å²) in [4.78, 5) is 16.8. The highest BCUT2D eigenvalue weighted by Gasteiger charge is 2.31. The van der Waals surface area contributed by atoms with Crippen molar-refractivity contribution in [3.05, 3.63) is 89.0 Å². The second-order valence-electron chi connectivity index (χ2n) is 7.22. The van der Waals surface area contributed by atoms with Gasteiger partial charge in [-0.05, 0) is 23.6 Å². The molecule has 29 heavy (non-hydrogen) atoms. The standard InChI is InChI=1S/C22H20F3N3O/c23-22(24,25)18-8-4-7-16(11-18)17-9-10-20-27-19(14-28(20)13-17)21(29)26-12-15-5-2-1-3-6-15/h1-8,11,14,17H,9-10,12-13H2,(H,26,29)/t17-/m0/s1. The molecule has 1 atom stereocenters. The SMILES string of the molecule is O=C(NCc1ccccc1)c1cn2c(n1)CC[C@H](c1cccc(C(F)(F)F)c1)C2. The van der Waals surface area contributed by atoms with Crippen LogP contribution in [0.4, 0.5) is 13.2 Å². The zero-order valence-electron chi connectivity index (χ0n) is 15.6. The third-order valence-corrected chi connectivity index (χ3v) is 5.21. The normalized spacial score (nSPS) is 16.3. The van der Waals surface area contributed by atoms with E-state index < -0.39 is 11.7 Å². The Bertz CT molecular complexity index is 1010. The maximum absolute atomic E-state index is 13.0. The number of nitrogens with one attached hydrogen (secondary N) is 1. The second-order valence-corrected chi connectivity index (χ2v) is 7.22. The number of hydrogen-bond donors (Lipinski definition) is 1. The number of rotatable bonds is 4. The van der Waals surface area contributed by atoms with E-state index in [2.05, 4.69) is 10.3 Å². The molecule has 0 aliphatic carbocycles. The minimum atomic E-state index is -4.35. The Kier molecular flexibility index (Phi) is 5.13. The van der Waals surface area contributed by atoms with Crippen molar-refractivity contribution >= 4 is 5.91 Å². The third kappa shape index (κ3) is 4.34. The van der Waals surface area contributed by atoms with Crippen LogP contribution in [0.3, 0.4) is 0 Å². The molecular formula is C22H20F3N3O. The van der Waals surface area contributed by atoms with Crippen molar-refractivity contribution in [3.63, 3.8) is 0 Å². The van der Waals surface area contributed by atoms with Crippen LogP contribution >= 0.6 is 0 Å². The maximum Gasteiger partial charge on any atom is 0.416 e. The smallest absolute Gasteiger partial charge is 0.347 e. The Balaban J connectivity index is 1.45. The number of benzene rings is 2. The summed E-state index contributed by atoms with van der Waals surface area (Å²) in [6.07, 6.45) is -1.35. The van der Waals surface area contributed by atoms with E-state index in [0.717, 1.165) is 17.5 Å². The van der Waals surface area contributed by atoms with Gasteiger partial charge in [-0.2, -0.15) is 13.2 Å². The average molecular weight is 399 g/mol. The Morgan fingerprint density at radius 2 is 1.93 bits per heavy atom. The lowest BCUT2D eigenvalue weighted by molar-refractivity contribution is -0.137. The average Bonchev–Trinajstić information content (AvgIpc) is 3.16. The first-order chi connectivity index (χ1) is 13.9. The Morgan fingerprint density at radius 3 is 2.69 bits per heavy atom. The largest absolute Gasteiger partial charge is 0.416 e. The van der Waals surface area contributed by atoms with Gasteiger partial charge in [-0.1, -0.05) is 48.5 Å². The Labute approximate surface area is 166 Å². The predicted molar refractivity (Wildman–Crippen MR) is 102 cm³/mol. The molecule has 1 N–H and O–H groups in total. The topological polar surface area (TPSA) is 46.9 Å². The van der Waals surface area contributed by atoms with Crippen molar-refractivity contribution in [2.45, 2.75) is 38.0 Å². The summed E-state index contributed by atoms with van der Waals surface area (Å²) in [7, 11) is 0. The summed E-state index contributed by atoms with van der Waals surface area (Å²) < 4.78 is 40.9. The van der Waals surface area contributed by atoms with Gasteiger partial charge in [-0.25, -0.2) is 4.98 Å². The number of carbonyl (C=O) groups excluding carboxylic acids is 1. The van der Waals surface area contributed by atoms with Crippen molar-refractivity contribution in [1.29, 1.82) is 0 Å². The number of fused-ring (bicyclic) bond motifs is 1. The molecule has 4 nitrogen and oxygen atoms in total. The van der Waals surface area contributed by atoms with Crippen LogP contribution in [0.2, 0.25) is 0 Å². The van der Waals surface area contributed by atoms with Crippen LogP contribution in [-0.4, -0.2) is 15.5 Å². The molecule has 1 aliphatic heterocycles. The van der Waals surface area contributed by atoms with E-state index in [1.807, 2.05) is 34.9 Å². The first-order valence-corrected chi connectivity index (χ1v) is 9.45. The van der Waals surface area contributed by atoms with Crippen molar-refractivity contribution < 1.29 is 18.0 Å². The van der Waals surface area contributed by atoms with Gasteiger partial charge < -0.3 is 9.88 Å². The summed E-state index contributed by atoms with van der Waals surface area (Å²) in [6.45, 7) is 0.921. The van der Waals surface area contributed by atoms with E-state index in [4.69, 9.17) is 0 Å². The molecule has 7 heteroatoms. The fourth-order valence-electron chi connectivity index (χ4n) is 3.66. The number of carbonyl (C=O) groups is 1. The van der Waals surface area contributed by atoms with Gasteiger partial charge in [0.2, 0.25) is 0 Å². The van der Waals surface area contributed by atoms with E-state index >= 15 is 0 Å². The molecule has 150 valence electrons. The van der Waals surface area contributed by atoms with Crippen LogP contribution in [0.15, 0.2) is 60.8 Å². The van der Waals surface area contributed by atoms with Gasteiger partial charge in [0.15, 0.2) is 0 Å². The first-order valence-electron chi connectivity index (χ1n) is 9.45. The molecule has 4 rings (SSSR count). The van der Waals surface area contributed by atoms with Crippen LogP contribution < -0.4 is 5.32 Å². The lowest BCUT2D eigenvalue weighted by Crippen LogP contribution is -2.23. The predicted octanol–water partition coefficient (Wildman–Crippen LogP) is 4.56. The zero-order valence-corrected chi connectivity index (χ0v) is 15.6. The van der Waals surface area contributed by atoms with Gasteiger partial charge in [0.25, 0.3) is 5.91 Å². The van der Waals surface area contributed by atoms with E-state index in [-0.39, 0.29) is 11.8 Å². The van der Waals surface area contributed by atoms with Gasteiger partial charge in [0.1, 0.15) is 11.5 Å². The quantitative estimate of drug-likeness (QED) is 0.699. The molecule has 0 fully saturated rings. The van der Waals surface area contributed by atoms with Crippen molar-refractivity contribution in [3.8, 4) is 0 Å². The second kappa shape index (κ2) is 7.73. The number of imidazole rings is 1. The maximum atomic E-state index is 13.0. The van der Waals surface area contributed by atoms with Crippen molar-refractivity contribution in [2.75, 3.05) is 0 Å². The molecule has 1 amide bonds. The molecule has 2 heterocycles. The molecular weight excluding hydrogens is 379 g/mol. The molecule has 0 bridgehead atoms. The highest BCUT2D eigenvalue weighted by atomic mass is 19.4. The highest BCUT2D eigenvalue weighted by molar-refractivity contribution is 5.92. The van der Waals surface area contributed by atoms with Crippen molar-refractivity contribution in [2.24, 2.45) is 0 Å². The molecule has 0 saturated heterocycles. The Hall–Kier alpha value is -3.09. The summed E-state index contributed by atoms with van der Waals surface area (Å²) in [5.74, 6) is 0.490. The van der Waals surface area contributed by atoms with Gasteiger partial charge >= 0.3 is 6.18 Å². The molecule has 3 aromatic rings. The number of alkyl halides is 3. The van der Waals surface area contributed by atoms with Crippen LogP contribution in [0.5, 0.6) is 0 Å². The monoisotopic (exact) mass is 399 g/mol. The van der Waals surface area contributed by atoms with E-state index in [1.165, 1.54) is 12.1 Å². The molecule has 1 aliphatic rings. The van der Waals surface area contributed by atoms with Crippen molar-refractivity contribution in [1.82, 2.24) is 14.9 Å². The van der Waals surface area contributed by atoms with Crippen LogP contribution in [0.25, 0.3) is 0 Å². The van der Waals surface area contributed by atoms with Crippen LogP contribution in [0, 0.1) is 0 Å². The molecule has 0 spiro atoms. The number of aryl methyl sites for hydroxylation is 1. The minimum absolute atomic E-state index is 0.0424. The molecule has 0 radical (unpaired) electrons. The number of amides is 1. The molecule has 1 aromatic heterocycles. The molecule has 2 aromatic carbocycles. The molecule has 0 saturated carbocycles. The summed E-state index contributed by atoms with van der Waals surface area (Å²) >= 11 is 0. The summed E-state index contributed by atoms with van der Waals surface area (Å²) in [5.41, 5.74) is 1.36. The fraction of sp³-hybridized carbons (Fsp3) is 0.273. The van der Waals surface area contributed by atoms with E-state index in [1.54, 1.807) is 12.3 Å². The lowest BCUT2D eigenvalue weighted by atomic mass is 9.90. The fourth-order valence-corrected chi connectivity index (χ4v) is 3.66. The van der Waals surface area contributed by atoms with Crippen LogP contribution in [-0.2, 0) is 25.7 Å². The van der Waals surface area contributed by atoms with Gasteiger partial charge in [0.05, 0.1) is 5.56 Å². The van der Waals surface area contributed by atoms with Gasteiger partial charge in [0, 0.05) is 31.6 Å². The first kappa shape index (κ1) is 19.2. The number of hydrogen-bond acceptors (Lipinski definition) is 2. The summed E-state index contributed by atoms with van der Waals surface area (Å²) in [6, 6.07) is 15.1. The minimum Gasteiger partial charge on any atom is -0.347 e. The molecule has 0 unspecified atom stereocenters. The summed E-state index contributed by atoms with van der Waals surface area (Å²) in [5, 5.41) is 2.85. The number of aromatic nitrogens is 2. The van der Waals surface area contributed by atoms with Crippen LogP contribution in [0.1, 0.15) is 45.3 Å². The lowest BCUT2D eigenvalue weighted by Gasteiger charge is -2.24. The zero-order chi connectivity index (χ0) is 20.4. The van der Waals surface area contributed by atoms with Gasteiger partial charge in [-0.15, -0.1) is 0 Å². The van der Waals surface area contributed by atoms with Gasteiger partial charge in [-0.3, -0.25) is 4.79 Å². The van der Waals surface area contributed by atoms with E-state index in [9.17, 15) is 18.0 Å².